The van der Waals surface area contributed by atoms with Crippen LogP contribution in [0.4, 0.5) is 0 Å². The van der Waals surface area contributed by atoms with Gasteiger partial charge in [0.25, 0.3) is 5.91 Å². The third-order valence-electron chi connectivity index (χ3n) is 6.05. The van der Waals surface area contributed by atoms with Crippen molar-refractivity contribution in [3.05, 3.63) is 40.1 Å². The number of aliphatic hydroxyl groups is 1. The molecule has 2 N–H and O–H groups in total. The van der Waals surface area contributed by atoms with Crippen LogP contribution in [0.3, 0.4) is 0 Å². The molecule has 130 valence electrons. The summed E-state index contributed by atoms with van der Waals surface area (Å²) in [4.78, 5) is 12.7. The zero-order valence-corrected chi connectivity index (χ0v) is 15.5. The number of aryl methyl sites for hydroxylation is 2. The highest BCUT2D eigenvalue weighted by atomic mass is 16.3. The lowest BCUT2D eigenvalue weighted by atomic mass is 9.82. The van der Waals surface area contributed by atoms with Crippen LogP contribution >= 0.6 is 0 Å². The van der Waals surface area contributed by atoms with E-state index in [9.17, 15) is 9.90 Å². The van der Waals surface area contributed by atoms with Gasteiger partial charge in [0, 0.05) is 0 Å². The maximum absolute atomic E-state index is 12.7. The molecule has 0 aromatic heterocycles. The van der Waals surface area contributed by atoms with Crippen molar-refractivity contribution in [3.8, 4) is 0 Å². The number of aliphatic hydroxyl groups excluding tert-OH is 1. The van der Waals surface area contributed by atoms with E-state index in [1.807, 2.05) is 6.92 Å². The number of carbonyl (C=O) groups excluding carboxylic acids is 1. The van der Waals surface area contributed by atoms with Gasteiger partial charge in [-0.05, 0) is 67.2 Å². The molecule has 24 heavy (non-hydrogen) atoms. The zero-order chi connectivity index (χ0) is 17.6. The number of amides is 1. The molecule has 1 fully saturated rings. The maximum atomic E-state index is 12.7. The summed E-state index contributed by atoms with van der Waals surface area (Å²) >= 11 is 0. The molecule has 1 amide bonds. The van der Waals surface area contributed by atoms with Gasteiger partial charge in [0.1, 0.15) is 5.76 Å². The second-order valence-electron chi connectivity index (χ2n) is 7.69. The number of hydrogen-bond acceptors (Lipinski definition) is 2. The van der Waals surface area contributed by atoms with Gasteiger partial charge >= 0.3 is 0 Å². The molecular weight excluding hydrogens is 298 g/mol. The number of nitrogens with one attached hydrogen (secondary N) is 1. The standard InChI is InChI=1S/C21H29NO2/c1-6-13(4)21(5)19(23)18(20(24)22-21)17-12(3)10-16(15-8-9-15)11-14(17)7-2/h10-11,13,15,23H,6-9H2,1-5H3,(H,22,24)/t13-,21?/m0/s1. The molecule has 1 aromatic carbocycles. The predicted octanol–water partition coefficient (Wildman–Crippen LogP) is 4.64. The van der Waals surface area contributed by atoms with Crippen LogP contribution in [0, 0.1) is 12.8 Å². The van der Waals surface area contributed by atoms with E-state index < -0.39 is 5.54 Å². The van der Waals surface area contributed by atoms with E-state index in [1.54, 1.807) is 0 Å². The minimum Gasteiger partial charge on any atom is -0.509 e. The molecule has 1 heterocycles. The highest BCUT2D eigenvalue weighted by Crippen LogP contribution is 2.44. The number of carbonyl (C=O) groups is 1. The van der Waals surface area contributed by atoms with E-state index in [1.165, 1.54) is 24.0 Å². The van der Waals surface area contributed by atoms with Crippen molar-refractivity contribution in [2.45, 2.75) is 71.8 Å². The van der Waals surface area contributed by atoms with Crippen molar-refractivity contribution < 1.29 is 9.90 Å². The number of rotatable bonds is 5. The molecule has 2 atom stereocenters. The van der Waals surface area contributed by atoms with Gasteiger partial charge in [-0.3, -0.25) is 4.79 Å². The summed E-state index contributed by atoms with van der Waals surface area (Å²) in [6.45, 7) is 10.3. The molecule has 2 aliphatic rings. The van der Waals surface area contributed by atoms with Gasteiger partial charge in [-0.2, -0.15) is 0 Å². The Morgan fingerprint density at radius 2 is 2.00 bits per heavy atom. The van der Waals surface area contributed by atoms with Crippen LogP contribution in [0.2, 0.25) is 0 Å². The van der Waals surface area contributed by atoms with Gasteiger partial charge in [0.05, 0.1) is 11.1 Å². The van der Waals surface area contributed by atoms with Gasteiger partial charge in [0.2, 0.25) is 0 Å². The maximum Gasteiger partial charge on any atom is 0.256 e. The molecule has 0 radical (unpaired) electrons. The van der Waals surface area contributed by atoms with Crippen LogP contribution in [-0.2, 0) is 11.2 Å². The normalized spacial score (nSPS) is 25.1. The first-order valence-corrected chi connectivity index (χ1v) is 9.23. The quantitative estimate of drug-likeness (QED) is 0.828. The van der Waals surface area contributed by atoms with E-state index in [0.29, 0.717) is 11.5 Å². The molecule has 0 saturated heterocycles. The van der Waals surface area contributed by atoms with Crippen LogP contribution in [-0.4, -0.2) is 16.6 Å². The average molecular weight is 327 g/mol. The summed E-state index contributed by atoms with van der Waals surface area (Å²) in [5.41, 5.74) is 4.39. The van der Waals surface area contributed by atoms with Crippen LogP contribution in [0.25, 0.3) is 5.57 Å². The lowest BCUT2D eigenvalue weighted by Crippen LogP contribution is -2.47. The molecule has 1 saturated carbocycles. The average Bonchev–Trinajstić information content (AvgIpc) is 3.36. The van der Waals surface area contributed by atoms with Crippen molar-refractivity contribution in [1.29, 1.82) is 0 Å². The van der Waals surface area contributed by atoms with Crippen LogP contribution < -0.4 is 5.32 Å². The van der Waals surface area contributed by atoms with Crippen molar-refractivity contribution in [2.75, 3.05) is 0 Å². The Kier molecular flexibility index (Phi) is 4.23. The summed E-state index contributed by atoms with van der Waals surface area (Å²) in [7, 11) is 0. The molecular formula is C21H29NO2. The predicted molar refractivity (Wildman–Crippen MR) is 98.1 cm³/mol. The second-order valence-corrected chi connectivity index (χ2v) is 7.69. The van der Waals surface area contributed by atoms with E-state index in [4.69, 9.17) is 0 Å². The lowest BCUT2D eigenvalue weighted by molar-refractivity contribution is -0.116. The molecule has 0 spiro atoms. The van der Waals surface area contributed by atoms with Crippen LogP contribution in [0.5, 0.6) is 0 Å². The summed E-state index contributed by atoms with van der Waals surface area (Å²) < 4.78 is 0. The number of hydrogen-bond donors (Lipinski definition) is 2. The highest BCUT2D eigenvalue weighted by Gasteiger charge is 2.46. The minimum atomic E-state index is -0.673. The SMILES string of the molecule is CCc1cc(C2CC2)cc(C)c1C1=C(O)C(C)([C@@H](C)CC)NC1=O. The zero-order valence-electron chi connectivity index (χ0n) is 15.5. The Labute approximate surface area is 145 Å². The van der Waals surface area contributed by atoms with Crippen LogP contribution in [0.1, 0.15) is 75.1 Å². The van der Waals surface area contributed by atoms with Crippen LogP contribution in [0.15, 0.2) is 17.9 Å². The molecule has 1 aliphatic heterocycles. The monoisotopic (exact) mass is 327 g/mol. The molecule has 3 nitrogen and oxygen atoms in total. The molecule has 1 aromatic rings. The van der Waals surface area contributed by atoms with E-state index in [-0.39, 0.29) is 17.6 Å². The van der Waals surface area contributed by atoms with E-state index in [2.05, 4.69) is 45.1 Å². The molecule has 3 rings (SSSR count). The molecule has 0 bridgehead atoms. The lowest BCUT2D eigenvalue weighted by Gasteiger charge is -2.31. The van der Waals surface area contributed by atoms with Crippen molar-refractivity contribution in [3.63, 3.8) is 0 Å². The largest absolute Gasteiger partial charge is 0.509 e. The van der Waals surface area contributed by atoms with Crippen molar-refractivity contribution in [2.24, 2.45) is 5.92 Å². The van der Waals surface area contributed by atoms with Gasteiger partial charge in [-0.15, -0.1) is 0 Å². The van der Waals surface area contributed by atoms with E-state index >= 15 is 0 Å². The Bertz CT molecular complexity index is 715. The summed E-state index contributed by atoms with van der Waals surface area (Å²) in [6.07, 6.45) is 4.29. The fourth-order valence-electron chi connectivity index (χ4n) is 3.90. The third-order valence-corrected chi connectivity index (χ3v) is 6.05. The summed E-state index contributed by atoms with van der Waals surface area (Å²) in [6, 6.07) is 4.45. The summed E-state index contributed by atoms with van der Waals surface area (Å²) in [5, 5.41) is 14.0. The van der Waals surface area contributed by atoms with Gasteiger partial charge in [-0.25, -0.2) is 0 Å². The first-order valence-electron chi connectivity index (χ1n) is 9.23. The van der Waals surface area contributed by atoms with E-state index in [0.717, 1.165) is 24.0 Å². The third kappa shape index (κ3) is 2.54. The van der Waals surface area contributed by atoms with Gasteiger partial charge in [-0.1, -0.05) is 39.3 Å². The van der Waals surface area contributed by atoms with Crippen molar-refractivity contribution in [1.82, 2.24) is 5.32 Å². The Morgan fingerprint density at radius 3 is 2.54 bits per heavy atom. The highest BCUT2D eigenvalue weighted by molar-refractivity contribution is 6.24. The van der Waals surface area contributed by atoms with Gasteiger partial charge < -0.3 is 10.4 Å². The topological polar surface area (TPSA) is 49.3 Å². The molecule has 1 aliphatic carbocycles. The molecule has 3 heteroatoms. The Morgan fingerprint density at radius 1 is 1.33 bits per heavy atom. The Balaban J connectivity index is 2.15. The Hall–Kier alpha value is -1.77. The fourth-order valence-corrected chi connectivity index (χ4v) is 3.90. The second kappa shape index (κ2) is 5.94. The van der Waals surface area contributed by atoms with Gasteiger partial charge in [0.15, 0.2) is 0 Å². The minimum absolute atomic E-state index is 0.146. The van der Waals surface area contributed by atoms with Crippen molar-refractivity contribution >= 4 is 11.5 Å². The number of benzene rings is 1. The first kappa shape index (κ1) is 17.1. The first-order chi connectivity index (χ1) is 11.3. The summed E-state index contributed by atoms with van der Waals surface area (Å²) in [5.74, 6) is 0.926. The fraction of sp³-hybridized carbons (Fsp3) is 0.571. The molecule has 1 unspecified atom stereocenters. The smallest absolute Gasteiger partial charge is 0.256 e.